The molecular weight excluding hydrogens is 320 g/mol. The number of methoxy groups -OCH3 is 1. The molecule has 1 aromatic heterocycles. The van der Waals surface area contributed by atoms with E-state index < -0.39 is 12.1 Å². The highest BCUT2D eigenvalue weighted by Crippen LogP contribution is 2.35. The summed E-state index contributed by atoms with van der Waals surface area (Å²) in [5.41, 5.74) is 1.06. The van der Waals surface area contributed by atoms with Gasteiger partial charge in [-0.2, -0.15) is 0 Å². The zero-order valence-corrected chi connectivity index (χ0v) is 15.8. The summed E-state index contributed by atoms with van der Waals surface area (Å²) in [6.07, 6.45) is 4.71. The monoisotopic (exact) mass is 350 g/mol. The van der Waals surface area contributed by atoms with E-state index in [2.05, 4.69) is 22.2 Å². The molecule has 0 aromatic carbocycles. The van der Waals surface area contributed by atoms with Crippen LogP contribution in [-0.4, -0.2) is 46.1 Å². The third-order valence-corrected chi connectivity index (χ3v) is 5.21. The lowest BCUT2D eigenvalue weighted by molar-refractivity contribution is -0.137. The molecule has 0 unspecified atom stereocenters. The van der Waals surface area contributed by atoms with Crippen LogP contribution >= 0.6 is 0 Å². The van der Waals surface area contributed by atoms with Gasteiger partial charge in [-0.3, -0.25) is 4.79 Å². The Labute approximate surface area is 149 Å². The number of aryl methyl sites for hydroxylation is 1. The largest absolute Gasteiger partial charge is 0.453 e. The number of alkyl carbamates (subject to hydrolysis) is 1. The van der Waals surface area contributed by atoms with Crippen molar-refractivity contribution < 1.29 is 14.3 Å². The van der Waals surface area contributed by atoms with Gasteiger partial charge in [-0.05, 0) is 32.1 Å². The second kappa shape index (κ2) is 8.36. The number of rotatable bonds is 6. The van der Waals surface area contributed by atoms with Crippen molar-refractivity contribution in [2.45, 2.75) is 71.5 Å². The zero-order valence-electron chi connectivity index (χ0n) is 15.8. The molecule has 0 aliphatic carbocycles. The summed E-state index contributed by atoms with van der Waals surface area (Å²) in [7, 11) is 1.31. The van der Waals surface area contributed by atoms with Crippen molar-refractivity contribution in [2.75, 3.05) is 7.11 Å². The van der Waals surface area contributed by atoms with Crippen LogP contribution in [0.5, 0.6) is 0 Å². The average Bonchev–Trinajstić information content (AvgIpc) is 3.24. The highest BCUT2D eigenvalue weighted by Gasteiger charge is 2.41. The quantitative estimate of drug-likeness (QED) is 0.826. The summed E-state index contributed by atoms with van der Waals surface area (Å²) in [4.78, 5) is 34.7. The van der Waals surface area contributed by atoms with E-state index in [0.29, 0.717) is 0 Å². The molecule has 7 nitrogen and oxygen atoms in total. The number of H-pyrrole nitrogens is 1. The molecule has 1 aliphatic heterocycles. The first-order valence-corrected chi connectivity index (χ1v) is 9.13. The highest BCUT2D eigenvalue weighted by molar-refractivity contribution is 5.86. The number of imidazole rings is 1. The second-order valence-electron chi connectivity index (χ2n) is 6.83. The first-order valence-electron chi connectivity index (χ1n) is 9.13. The van der Waals surface area contributed by atoms with Crippen LogP contribution in [0.25, 0.3) is 0 Å². The Balaban J connectivity index is 2.26. The fourth-order valence-electron chi connectivity index (χ4n) is 3.38. The maximum atomic E-state index is 13.3. The predicted molar refractivity (Wildman–Crippen MR) is 95.0 cm³/mol. The summed E-state index contributed by atoms with van der Waals surface area (Å²) < 4.78 is 4.71. The van der Waals surface area contributed by atoms with E-state index in [0.717, 1.165) is 37.2 Å². The van der Waals surface area contributed by atoms with E-state index in [1.165, 1.54) is 7.11 Å². The number of carbonyl (C=O) groups excluding carboxylic acids is 2. The first-order chi connectivity index (χ1) is 11.9. The number of amides is 2. The van der Waals surface area contributed by atoms with Crippen LogP contribution in [0.15, 0.2) is 6.20 Å². The van der Waals surface area contributed by atoms with E-state index in [1.807, 2.05) is 31.9 Å². The van der Waals surface area contributed by atoms with Gasteiger partial charge in [0.15, 0.2) is 0 Å². The molecule has 1 aliphatic rings. The van der Waals surface area contributed by atoms with E-state index in [-0.39, 0.29) is 23.9 Å². The van der Waals surface area contributed by atoms with Crippen LogP contribution in [0, 0.1) is 5.92 Å². The third kappa shape index (κ3) is 4.14. The summed E-state index contributed by atoms with van der Waals surface area (Å²) in [5, 5.41) is 2.72. The minimum atomic E-state index is -0.596. The topological polar surface area (TPSA) is 87.3 Å². The van der Waals surface area contributed by atoms with Crippen molar-refractivity contribution in [1.82, 2.24) is 20.2 Å². The fourth-order valence-corrected chi connectivity index (χ4v) is 3.38. The molecule has 140 valence electrons. The van der Waals surface area contributed by atoms with Crippen LogP contribution in [0.1, 0.15) is 64.5 Å². The predicted octanol–water partition coefficient (Wildman–Crippen LogP) is 2.79. The van der Waals surface area contributed by atoms with E-state index in [1.54, 1.807) is 0 Å². The number of likely N-dealkylation sites (tertiary alicyclic amines) is 1. The van der Waals surface area contributed by atoms with Crippen molar-refractivity contribution in [1.29, 1.82) is 0 Å². The van der Waals surface area contributed by atoms with E-state index >= 15 is 0 Å². The molecule has 2 amide bonds. The SMILES string of the molecule is CCc1cnc([C@@H]2CC[C@H](C)N2C(=O)[C@@H](NC(=O)OC)[C@@H](C)CC)[nH]1. The number of aromatic amines is 1. The van der Waals surface area contributed by atoms with Crippen molar-refractivity contribution in [2.24, 2.45) is 5.92 Å². The molecule has 0 spiro atoms. The lowest BCUT2D eigenvalue weighted by Crippen LogP contribution is -2.53. The molecule has 0 saturated carbocycles. The number of hydrogen-bond acceptors (Lipinski definition) is 4. The molecule has 1 saturated heterocycles. The molecule has 0 bridgehead atoms. The van der Waals surface area contributed by atoms with Gasteiger partial charge in [0.2, 0.25) is 5.91 Å². The number of ether oxygens (including phenoxy) is 1. The van der Waals surface area contributed by atoms with Gasteiger partial charge in [0.1, 0.15) is 11.9 Å². The first kappa shape index (κ1) is 19.3. The van der Waals surface area contributed by atoms with Gasteiger partial charge < -0.3 is 19.9 Å². The van der Waals surface area contributed by atoms with Crippen LogP contribution in [0.4, 0.5) is 4.79 Å². The van der Waals surface area contributed by atoms with E-state index in [4.69, 9.17) is 4.74 Å². The lowest BCUT2D eigenvalue weighted by atomic mass is 9.97. The highest BCUT2D eigenvalue weighted by atomic mass is 16.5. The molecule has 2 rings (SSSR count). The number of carbonyl (C=O) groups is 2. The van der Waals surface area contributed by atoms with Gasteiger partial charge in [0.05, 0.1) is 13.2 Å². The maximum absolute atomic E-state index is 13.3. The zero-order chi connectivity index (χ0) is 18.6. The van der Waals surface area contributed by atoms with Gasteiger partial charge in [-0.1, -0.05) is 27.2 Å². The molecule has 1 aromatic rings. The third-order valence-electron chi connectivity index (χ3n) is 5.21. The minimum Gasteiger partial charge on any atom is -0.453 e. The van der Waals surface area contributed by atoms with Gasteiger partial charge in [-0.15, -0.1) is 0 Å². The van der Waals surface area contributed by atoms with Gasteiger partial charge in [0.25, 0.3) is 0 Å². The Hall–Kier alpha value is -2.05. The summed E-state index contributed by atoms with van der Waals surface area (Å²) in [6, 6.07) is -0.561. The van der Waals surface area contributed by atoms with Crippen LogP contribution in [-0.2, 0) is 16.0 Å². The Morgan fingerprint density at radius 1 is 1.44 bits per heavy atom. The standard InChI is InChI=1S/C18H30N4O3/c1-6-11(3)15(21-18(24)25-5)17(23)22-12(4)8-9-14(22)16-19-10-13(7-2)20-16/h10-12,14-15H,6-9H2,1-5H3,(H,19,20)(H,21,24)/t11-,12-,14-,15-/m0/s1. The number of hydrogen-bond donors (Lipinski definition) is 2. The van der Waals surface area contributed by atoms with Crippen LogP contribution in [0.3, 0.4) is 0 Å². The molecule has 4 atom stereocenters. The van der Waals surface area contributed by atoms with Crippen LogP contribution < -0.4 is 5.32 Å². The van der Waals surface area contributed by atoms with E-state index in [9.17, 15) is 9.59 Å². The van der Waals surface area contributed by atoms with Crippen molar-refractivity contribution in [3.05, 3.63) is 17.7 Å². The lowest BCUT2D eigenvalue weighted by Gasteiger charge is -2.33. The molecule has 2 N–H and O–H groups in total. The summed E-state index contributed by atoms with van der Waals surface area (Å²) in [6.45, 7) is 8.09. The smallest absolute Gasteiger partial charge is 0.407 e. The number of nitrogens with one attached hydrogen (secondary N) is 2. The summed E-state index contributed by atoms with van der Waals surface area (Å²) >= 11 is 0. The maximum Gasteiger partial charge on any atom is 0.407 e. The molecule has 7 heteroatoms. The summed E-state index contributed by atoms with van der Waals surface area (Å²) in [5.74, 6) is 0.780. The second-order valence-corrected chi connectivity index (χ2v) is 6.83. The Morgan fingerprint density at radius 3 is 2.72 bits per heavy atom. The van der Waals surface area contributed by atoms with Crippen molar-refractivity contribution >= 4 is 12.0 Å². The van der Waals surface area contributed by atoms with Gasteiger partial charge in [-0.25, -0.2) is 9.78 Å². The molecule has 25 heavy (non-hydrogen) atoms. The fraction of sp³-hybridized carbons (Fsp3) is 0.722. The number of aromatic nitrogens is 2. The normalized spacial score (nSPS) is 22.5. The minimum absolute atomic E-state index is 0.0165. The molecule has 0 radical (unpaired) electrons. The molecule has 2 heterocycles. The van der Waals surface area contributed by atoms with Crippen LogP contribution in [0.2, 0.25) is 0 Å². The Morgan fingerprint density at radius 2 is 2.16 bits per heavy atom. The van der Waals surface area contributed by atoms with Crippen molar-refractivity contribution in [3.8, 4) is 0 Å². The average molecular weight is 350 g/mol. The Kier molecular flexibility index (Phi) is 6.45. The number of nitrogens with zero attached hydrogens (tertiary/aromatic N) is 2. The van der Waals surface area contributed by atoms with Gasteiger partial charge in [0, 0.05) is 17.9 Å². The molecular formula is C18H30N4O3. The van der Waals surface area contributed by atoms with Crippen molar-refractivity contribution in [3.63, 3.8) is 0 Å². The molecule has 1 fully saturated rings. The van der Waals surface area contributed by atoms with Gasteiger partial charge >= 0.3 is 6.09 Å². The Bertz CT molecular complexity index is 601.